The van der Waals surface area contributed by atoms with Crippen molar-refractivity contribution in [2.24, 2.45) is 0 Å². The van der Waals surface area contributed by atoms with Crippen LogP contribution in [-0.4, -0.2) is 0 Å². The van der Waals surface area contributed by atoms with Crippen LogP contribution in [-0.2, 0) is 0 Å². The van der Waals surface area contributed by atoms with Crippen molar-refractivity contribution in [3.63, 3.8) is 0 Å². The third-order valence-corrected chi connectivity index (χ3v) is 12.0. The highest BCUT2D eigenvalue weighted by atomic mass is 32.1. The maximum absolute atomic E-state index is 9.09. The minimum absolute atomic E-state index is 0.0840. The Balaban J connectivity index is 1.22. The van der Waals surface area contributed by atoms with Crippen molar-refractivity contribution in [3.8, 4) is 67.5 Å². The Kier molecular flexibility index (Phi) is 9.21. The van der Waals surface area contributed by atoms with E-state index in [1.807, 2.05) is 84.9 Å². The number of fused-ring (bicyclic) bond motifs is 2. The van der Waals surface area contributed by atoms with Gasteiger partial charge >= 0.3 is 0 Å². The number of benzene rings is 3. The minimum atomic E-state index is 0.0840. The van der Waals surface area contributed by atoms with Gasteiger partial charge in [0, 0.05) is 40.4 Å². The smallest absolute Gasteiger partial charge is 0.131 e. The molecule has 0 atom stereocenters. The van der Waals surface area contributed by atoms with Crippen LogP contribution in [0.5, 0.6) is 0 Å². The van der Waals surface area contributed by atoms with E-state index in [0.29, 0.717) is 0 Å². The van der Waals surface area contributed by atoms with Crippen molar-refractivity contribution in [3.05, 3.63) is 139 Å². The summed E-state index contributed by atoms with van der Waals surface area (Å²) in [6, 6.07) is 40.2. The molecule has 0 aliphatic rings. The molecule has 0 spiro atoms. The number of rotatable bonds is 4. The summed E-state index contributed by atoms with van der Waals surface area (Å²) in [5, 5.41) is 40.5. The molecule has 3 aromatic carbocycles. The molecule has 230 valence electrons. The largest absolute Gasteiger partial charge is 0.192 e. The van der Waals surface area contributed by atoms with E-state index >= 15 is 0 Å². The van der Waals surface area contributed by atoms with Gasteiger partial charge in [-0.25, -0.2) is 0 Å². The van der Waals surface area contributed by atoms with Crippen LogP contribution in [0.25, 0.3) is 53.2 Å². The first-order valence-corrected chi connectivity index (χ1v) is 18.2. The van der Waals surface area contributed by atoms with Crippen LogP contribution in [0.4, 0.5) is 0 Å². The zero-order chi connectivity index (χ0) is 34.5. The first-order chi connectivity index (χ1) is 24.6. The summed E-state index contributed by atoms with van der Waals surface area (Å²) in [5.41, 5.74) is 2.08. The summed E-state index contributed by atoms with van der Waals surface area (Å²) in [5.74, 6) is 13.8. The summed E-state index contributed by atoms with van der Waals surface area (Å²) in [4.78, 5) is 7.87. The fraction of sp³-hybridized carbons (Fsp3) is 0. The minimum Gasteiger partial charge on any atom is -0.192 e. The molecule has 0 amide bonds. The molecule has 0 aliphatic heterocycles. The Morgan fingerprint density at radius 3 is 1.10 bits per heavy atom. The molecule has 0 saturated carbocycles. The molecule has 4 aromatic heterocycles. The summed E-state index contributed by atoms with van der Waals surface area (Å²) >= 11 is 6.30. The van der Waals surface area contributed by atoms with E-state index in [9.17, 15) is 0 Å². The number of thiophene rings is 4. The van der Waals surface area contributed by atoms with Gasteiger partial charge in [-0.05, 0) is 82.2 Å². The van der Waals surface area contributed by atoms with Gasteiger partial charge in [0.05, 0.1) is 9.75 Å². The van der Waals surface area contributed by atoms with Gasteiger partial charge < -0.3 is 0 Å². The van der Waals surface area contributed by atoms with Gasteiger partial charge in [-0.15, -0.1) is 45.3 Å². The molecule has 4 heterocycles. The van der Waals surface area contributed by atoms with Crippen LogP contribution < -0.4 is 0 Å². The second-order valence-electron chi connectivity index (χ2n) is 10.6. The number of hydrogen-bond donors (Lipinski definition) is 0. The maximum atomic E-state index is 9.09. The van der Waals surface area contributed by atoms with Crippen LogP contribution in [0.1, 0.15) is 30.6 Å². The van der Waals surface area contributed by atoms with E-state index in [1.54, 1.807) is 34.8 Å². The summed E-state index contributed by atoms with van der Waals surface area (Å²) in [6.07, 6.45) is 3.21. The van der Waals surface area contributed by atoms with Gasteiger partial charge in [0.15, 0.2) is 0 Å². The van der Waals surface area contributed by atoms with E-state index < -0.39 is 0 Å². The standard InChI is InChI=1S/C42H18N4S4/c43-23-27(24-44)21-31-13-19-41(49-31)39-17-11-29(47-39)9-15-37-33-5-1-2-6-34(33)38(36-8-4-3-7-35(36)37)16-10-30-12-18-40(48-30)42-20-14-32(50-42)22-28(25-45)26-46/h1-8,11-14,17-22H. The third kappa shape index (κ3) is 6.62. The third-order valence-electron chi connectivity index (χ3n) is 7.56. The van der Waals surface area contributed by atoms with Gasteiger partial charge in [0.1, 0.15) is 35.4 Å². The highest BCUT2D eigenvalue weighted by Gasteiger charge is 2.12. The van der Waals surface area contributed by atoms with Gasteiger partial charge in [0.25, 0.3) is 0 Å². The zero-order valence-corrected chi connectivity index (χ0v) is 29.1. The topological polar surface area (TPSA) is 95.2 Å². The second-order valence-corrected chi connectivity index (χ2v) is 15.0. The van der Waals surface area contributed by atoms with E-state index in [2.05, 4.69) is 60.1 Å². The van der Waals surface area contributed by atoms with E-state index in [0.717, 1.165) is 71.7 Å². The number of nitrogens with zero attached hydrogens (tertiary/aromatic N) is 4. The summed E-state index contributed by atoms with van der Waals surface area (Å²) < 4.78 is 0. The highest BCUT2D eigenvalue weighted by molar-refractivity contribution is 7.23. The predicted molar refractivity (Wildman–Crippen MR) is 207 cm³/mol. The number of nitriles is 4. The molecular weight excluding hydrogens is 689 g/mol. The summed E-state index contributed by atoms with van der Waals surface area (Å²) in [6.45, 7) is 0. The first kappa shape index (κ1) is 32.1. The van der Waals surface area contributed by atoms with Crippen molar-refractivity contribution >= 4 is 79.0 Å². The quantitative estimate of drug-likeness (QED) is 0.103. The van der Waals surface area contributed by atoms with Crippen molar-refractivity contribution in [2.45, 2.75) is 0 Å². The van der Waals surface area contributed by atoms with E-state index in [4.69, 9.17) is 21.0 Å². The molecule has 4 nitrogen and oxygen atoms in total. The Morgan fingerprint density at radius 2 is 0.740 bits per heavy atom. The maximum Gasteiger partial charge on any atom is 0.131 e. The lowest BCUT2D eigenvalue weighted by Crippen LogP contribution is -1.90. The fourth-order valence-electron chi connectivity index (χ4n) is 5.31. The Bertz CT molecular complexity index is 2550. The Labute approximate surface area is 304 Å². The average molecular weight is 707 g/mol. The lowest BCUT2D eigenvalue weighted by Gasteiger charge is -2.10. The molecule has 50 heavy (non-hydrogen) atoms. The molecule has 0 aliphatic carbocycles. The van der Waals surface area contributed by atoms with Crippen molar-refractivity contribution < 1.29 is 0 Å². The molecule has 0 radical (unpaired) electrons. The first-order valence-electron chi connectivity index (χ1n) is 15.0. The SMILES string of the molecule is N#CC(C#N)=Cc1ccc(-c2ccc(C#Cc3c4ccccc4c(C#Cc4ccc(-c5ccc(C=C(C#N)C#N)s5)s4)c4ccccc34)s2)s1. The lowest BCUT2D eigenvalue weighted by atomic mass is 9.92. The summed E-state index contributed by atoms with van der Waals surface area (Å²) in [7, 11) is 0. The normalized spacial score (nSPS) is 10.0. The lowest BCUT2D eigenvalue weighted by molar-refractivity contribution is 1.47. The molecule has 0 saturated heterocycles. The van der Waals surface area contributed by atoms with Crippen LogP contribution in [0, 0.1) is 69.0 Å². The van der Waals surface area contributed by atoms with Gasteiger partial charge in [-0.1, -0.05) is 72.2 Å². The number of hydrogen-bond acceptors (Lipinski definition) is 8. The molecule has 0 unspecified atom stereocenters. The van der Waals surface area contributed by atoms with Crippen LogP contribution in [0.3, 0.4) is 0 Å². The molecule has 7 aromatic rings. The highest BCUT2D eigenvalue weighted by Crippen LogP contribution is 2.37. The van der Waals surface area contributed by atoms with Crippen LogP contribution in [0.15, 0.2) is 108 Å². The zero-order valence-electron chi connectivity index (χ0n) is 25.8. The Morgan fingerprint density at radius 1 is 0.400 bits per heavy atom. The van der Waals surface area contributed by atoms with E-state index in [-0.39, 0.29) is 11.1 Å². The molecular formula is C42H18N4S4. The van der Waals surface area contributed by atoms with Crippen molar-refractivity contribution in [1.29, 1.82) is 21.0 Å². The monoisotopic (exact) mass is 706 g/mol. The second kappa shape index (κ2) is 14.3. The van der Waals surface area contributed by atoms with Crippen LogP contribution in [0.2, 0.25) is 0 Å². The molecule has 0 N–H and O–H groups in total. The molecule has 8 heteroatoms. The predicted octanol–water partition coefficient (Wildman–Crippen LogP) is 11.2. The van der Waals surface area contributed by atoms with E-state index in [1.165, 1.54) is 22.7 Å². The van der Waals surface area contributed by atoms with Gasteiger partial charge in [0.2, 0.25) is 0 Å². The Hall–Kier alpha value is -6.46. The van der Waals surface area contributed by atoms with Gasteiger partial charge in [-0.2, -0.15) is 21.0 Å². The number of allylic oxidation sites excluding steroid dienone is 2. The van der Waals surface area contributed by atoms with Crippen LogP contribution >= 0.6 is 45.3 Å². The van der Waals surface area contributed by atoms with Crippen molar-refractivity contribution in [2.75, 3.05) is 0 Å². The fourth-order valence-corrected chi connectivity index (χ4v) is 9.11. The molecule has 0 fully saturated rings. The molecule has 7 rings (SSSR count). The molecule has 0 bridgehead atoms. The van der Waals surface area contributed by atoms with Crippen molar-refractivity contribution in [1.82, 2.24) is 0 Å². The van der Waals surface area contributed by atoms with Gasteiger partial charge in [-0.3, -0.25) is 0 Å². The average Bonchev–Trinajstić information content (AvgIpc) is 3.99.